The van der Waals surface area contributed by atoms with Crippen LogP contribution in [-0.2, 0) is 28.7 Å². The molecule has 0 fully saturated rings. The summed E-state index contributed by atoms with van der Waals surface area (Å²) >= 11 is 7.11. The molecule has 70 heavy (non-hydrogen) atoms. The van der Waals surface area contributed by atoms with Crippen LogP contribution < -0.4 is 14.2 Å². The molecule has 0 amide bonds. The van der Waals surface area contributed by atoms with Gasteiger partial charge in [-0.1, -0.05) is 121 Å². The van der Waals surface area contributed by atoms with E-state index in [-0.39, 0.29) is 0 Å². The molecule has 0 aliphatic carbocycles. The number of alkyl halides is 3. The minimum atomic E-state index is -3.94. The number of hydrogen-bond donors (Lipinski definition) is 1. The maximum absolute atomic E-state index is 12.6. The Hall–Kier alpha value is -5.45. The van der Waals surface area contributed by atoms with Crippen LogP contribution in [0.25, 0.3) is 32.3 Å². The molecule has 378 valence electrons. The van der Waals surface area contributed by atoms with Crippen molar-refractivity contribution in [3.8, 4) is 17.2 Å². The van der Waals surface area contributed by atoms with E-state index in [4.69, 9.17) is 57.0 Å². The number of methoxy groups -OCH3 is 3. The topological polar surface area (TPSA) is 170 Å². The van der Waals surface area contributed by atoms with E-state index in [1.807, 2.05) is 42.5 Å². The molecule has 0 aromatic heterocycles. The van der Waals surface area contributed by atoms with Crippen molar-refractivity contribution in [1.29, 1.82) is 0 Å². The lowest BCUT2D eigenvalue weighted by atomic mass is 9.98. The van der Waals surface area contributed by atoms with Crippen molar-refractivity contribution >= 4 is 98.0 Å². The second-order valence-corrected chi connectivity index (χ2v) is 15.1. The van der Waals surface area contributed by atoms with Gasteiger partial charge in [0, 0.05) is 40.5 Å². The molecule has 0 spiro atoms. The van der Waals surface area contributed by atoms with Crippen LogP contribution >= 0.6 is 47.8 Å². The summed E-state index contributed by atoms with van der Waals surface area (Å²) in [5.41, 5.74) is 1.70. The highest BCUT2D eigenvalue weighted by Gasteiger charge is 2.19. The molecule has 6 aromatic carbocycles. The van der Waals surface area contributed by atoms with E-state index >= 15 is 0 Å². The number of carbonyl (C=O) groups excluding carboxylic acids is 2. The Morgan fingerprint density at radius 3 is 1.14 bits per heavy atom. The molecule has 0 aliphatic rings. The van der Waals surface area contributed by atoms with E-state index in [9.17, 15) is 24.5 Å². The Bertz CT molecular complexity index is 3660. The van der Waals surface area contributed by atoms with Gasteiger partial charge in [0.15, 0.2) is 0 Å². The molecule has 13 nitrogen and oxygen atoms in total. The molecule has 1 N–H and O–H groups in total. The number of nitrogens with zero attached hydrogens (tertiary/aromatic N) is 1. The minimum Gasteiger partial charge on any atom is -0.497 e. The van der Waals surface area contributed by atoms with E-state index in [2.05, 4.69) is 57.4 Å². The minimum absolute atomic E-state index is 0.393. The number of aliphatic carboxylic acids is 1. The smallest absolute Gasteiger partial charge is 0.313 e. The summed E-state index contributed by atoms with van der Waals surface area (Å²) in [7, 11) is 4.68. The van der Waals surface area contributed by atoms with Crippen LogP contribution in [0, 0.1) is 10.1 Å². The molecule has 0 saturated heterocycles. The van der Waals surface area contributed by atoms with Crippen molar-refractivity contribution in [2.24, 2.45) is 0 Å². The molecule has 6 aromatic rings. The van der Waals surface area contributed by atoms with Gasteiger partial charge in [0.1, 0.15) is 17.2 Å². The molecule has 0 saturated carbocycles. The Balaban J connectivity index is 0.000000345. The largest absolute Gasteiger partial charge is 0.497 e. The van der Waals surface area contributed by atoms with Gasteiger partial charge in [-0.3, -0.25) is 14.4 Å². The first-order valence-electron chi connectivity index (χ1n) is 32.2. The van der Waals surface area contributed by atoms with Crippen LogP contribution in [-0.4, -0.2) is 85.0 Å². The van der Waals surface area contributed by atoms with Gasteiger partial charge in [0.25, 0.3) is 5.09 Å². The third-order valence-corrected chi connectivity index (χ3v) is 10.3. The molecule has 0 bridgehead atoms. The van der Waals surface area contributed by atoms with Crippen LogP contribution in [0.1, 0.15) is 126 Å². The third-order valence-electron chi connectivity index (χ3n) is 9.70. The lowest BCUT2D eigenvalue weighted by Crippen LogP contribution is -2.14. The Morgan fingerprint density at radius 2 is 0.814 bits per heavy atom. The summed E-state index contributed by atoms with van der Waals surface area (Å²) in [6.07, 6.45) is -20.7. The molecular weight excluding hydrogens is 1090 g/mol. The summed E-state index contributed by atoms with van der Waals surface area (Å²) in [6.45, 7) is -6.55. The average molecular weight is 1180 g/mol. The second kappa shape index (κ2) is 32.4. The van der Waals surface area contributed by atoms with E-state index in [1.54, 1.807) is 87.9 Å². The zero-order valence-electron chi connectivity index (χ0n) is 62.1. The quantitative estimate of drug-likeness (QED) is 0.0296. The molecule has 0 unspecified atom stereocenters. The van der Waals surface area contributed by atoms with Gasteiger partial charge in [0.05, 0.1) is 67.0 Å². The molecule has 3 atom stereocenters. The Morgan fingerprint density at radius 1 is 0.514 bits per heavy atom. The van der Waals surface area contributed by atoms with Gasteiger partial charge in [-0.05, 0) is 144 Å². The normalized spacial score (nSPS) is 19.3. The fourth-order valence-corrected chi connectivity index (χ4v) is 6.16. The van der Waals surface area contributed by atoms with Gasteiger partial charge >= 0.3 is 17.9 Å². The van der Waals surface area contributed by atoms with Crippen LogP contribution in [0.3, 0.4) is 0 Å². The first-order chi connectivity index (χ1) is 42.4. The number of rotatable bonds is 22. The fourth-order valence-electron chi connectivity index (χ4n) is 5.87. The number of hydrogen-bond acceptors (Lipinski definition) is 11. The molecule has 0 aliphatic heterocycles. The van der Waals surface area contributed by atoms with Crippen molar-refractivity contribution in [2.75, 3.05) is 56.9 Å². The predicted molar refractivity (Wildman–Crippen MR) is 288 cm³/mol. The zero-order chi connectivity index (χ0) is 72.9. The van der Waals surface area contributed by atoms with Crippen molar-refractivity contribution in [3.05, 3.63) is 136 Å². The number of benzene rings is 6. The number of fused-ring (bicyclic) bond motifs is 3. The number of carbonyl (C=O) groups is 3. The van der Waals surface area contributed by atoms with E-state index < -0.39 is 115 Å². The summed E-state index contributed by atoms with van der Waals surface area (Å²) in [4.78, 5) is 50.1. The van der Waals surface area contributed by atoms with Crippen LogP contribution in [0.5, 0.6) is 17.2 Å². The summed E-state index contributed by atoms with van der Waals surface area (Å²) in [5.74, 6) is -3.66. The average Bonchev–Trinajstić information content (AvgIpc) is 0.752. The molecule has 0 heterocycles. The molecule has 6 rings (SSSR count). The Kier molecular flexibility index (Phi) is 14.7. The highest BCUT2D eigenvalue weighted by molar-refractivity contribution is 9.09. The van der Waals surface area contributed by atoms with Crippen molar-refractivity contribution in [1.82, 2.24) is 0 Å². The number of halogens is 3. The van der Waals surface area contributed by atoms with E-state index in [0.29, 0.717) is 22.6 Å². The van der Waals surface area contributed by atoms with Gasteiger partial charge < -0.3 is 33.6 Å². The monoisotopic (exact) mass is 1180 g/mol. The molecule has 0 radical (unpaired) electrons. The highest BCUT2D eigenvalue weighted by atomic mass is 79.9. The SMILES string of the molecule is COc1ccc2cc([C@H](C)C(=O)O)ccc2c1.[2H]C([2H])(Br)C([2H])([2H])C([2H])([2H])C([2H])([2H])Br.[2H]C([2H])(Br)C([2H])([2H])C([2H])([2H])C([2H])([2H])OC(=O)[C@@H](C)c1ccc2cc(OC)ccc2c1.[2H]C([2H])(OC(=O)[C@@H](C)c1ccc2cc(OC)ccc2c1)C([2H])([2H])C([2H])([2H])C([2H])([2H])O[N+](=O)[O-]. The van der Waals surface area contributed by atoms with Crippen molar-refractivity contribution in [3.63, 3.8) is 0 Å². The third kappa shape index (κ3) is 20.1. The summed E-state index contributed by atoms with van der Waals surface area (Å²) < 4.78 is 205. The first-order valence-corrected chi connectivity index (χ1v) is 22.6. The number of carboxylic acid groups (broad SMARTS) is 1. The van der Waals surface area contributed by atoms with Crippen molar-refractivity contribution < 1.29 is 86.0 Å². The van der Waals surface area contributed by atoms with Crippen LogP contribution in [0.4, 0.5) is 0 Å². The van der Waals surface area contributed by atoms with E-state index in [1.165, 1.54) is 21.0 Å². The predicted octanol–water partition coefficient (Wildman–Crippen LogP) is 13.7. The lowest BCUT2D eigenvalue weighted by Gasteiger charge is -2.13. The first kappa shape index (κ1) is 31.8. The zero-order valence-corrected chi connectivity index (χ0v) is 42.9. The van der Waals surface area contributed by atoms with Crippen LogP contribution in [0.2, 0.25) is 0 Å². The lowest BCUT2D eigenvalue weighted by molar-refractivity contribution is -0.757. The standard InChI is InChI=1S/C18H21BrO3.C18H21NO6.C14H14O3.C4H8Br2/c1-13(18(20)22-10-4-3-9-19)14-5-6-16-12-17(21-2)8-7-15(16)11-14;1-13(18(20)24-9-3-4-10-25-19(21)22)14-5-6-16-12-17(23-2)8-7-15(16)11-14;1-9(14(15)16)10-3-4-12-8-13(17-2)6-5-11(12)7-10;5-3-1-2-4-6/h5-8,11-13H,3-4,9-10H2,1-2H3;5-8,11-13H,3-4,9-10H2,1-2H3;3-9H,1-2H3,(H,15,16);1-4H2/t2*13-;9-;/m000./s1/i2*3D2,4D2,9D2,10D2;;1D2,2D2,3D2,4D2. The number of ether oxygens (including phenoxy) is 5. The maximum atomic E-state index is 12.6. The fraction of sp³-hybridized carbons (Fsp3) is 0.389. The summed E-state index contributed by atoms with van der Waals surface area (Å²) in [5, 5.41) is 14.8. The van der Waals surface area contributed by atoms with Crippen LogP contribution in [0.15, 0.2) is 109 Å². The molecular formula is C54H64Br3NO12. The highest BCUT2D eigenvalue weighted by Crippen LogP contribution is 2.28. The Labute approximate surface area is 469 Å². The van der Waals surface area contributed by atoms with Gasteiger partial charge in [-0.25, -0.2) is 0 Å². The summed E-state index contributed by atoms with van der Waals surface area (Å²) in [6, 6.07) is 32.0. The number of esters is 2. The second-order valence-electron chi connectivity index (χ2n) is 13.9. The van der Waals surface area contributed by atoms with Gasteiger partial charge in [-0.15, -0.1) is 10.1 Å². The molecule has 16 heteroatoms. The van der Waals surface area contributed by atoms with Gasteiger partial charge in [-0.2, -0.15) is 0 Å². The maximum Gasteiger partial charge on any atom is 0.313 e. The van der Waals surface area contributed by atoms with Gasteiger partial charge in [0.2, 0.25) is 0 Å². The number of carboxylic acids is 1. The van der Waals surface area contributed by atoms with E-state index in [0.717, 1.165) is 43.6 Å². The van der Waals surface area contributed by atoms with Crippen molar-refractivity contribution in [2.45, 2.75) is 76.8 Å².